The van der Waals surface area contributed by atoms with Gasteiger partial charge in [0.2, 0.25) is 5.91 Å². The van der Waals surface area contributed by atoms with E-state index in [2.05, 4.69) is 27.8 Å². The lowest BCUT2D eigenvalue weighted by atomic mass is 9.97. The molecule has 4 amide bonds. The SMILES string of the molecule is C[C@H](NC(=O)CC1(C)NC(=O)NC1=O)c1ccc(C#Cc2ccccc2)cc1. The Morgan fingerprint density at radius 3 is 2.21 bits per heavy atom. The molecular formula is C22H21N3O3. The maximum Gasteiger partial charge on any atom is 0.322 e. The number of imide groups is 1. The zero-order valence-electron chi connectivity index (χ0n) is 15.7. The van der Waals surface area contributed by atoms with Crippen LogP contribution in [-0.4, -0.2) is 23.4 Å². The third-order valence-electron chi connectivity index (χ3n) is 4.54. The highest BCUT2D eigenvalue weighted by atomic mass is 16.2. The first-order valence-corrected chi connectivity index (χ1v) is 8.96. The molecule has 0 saturated carbocycles. The third-order valence-corrected chi connectivity index (χ3v) is 4.54. The van der Waals surface area contributed by atoms with Crippen molar-refractivity contribution in [2.75, 3.05) is 0 Å². The Bertz CT molecular complexity index is 958. The fourth-order valence-corrected chi connectivity index (χ4v) is 2.92. The zero-order valence-corrected chi connectivity index (χ0v) is 15.7. The van der Waals surface area contributed by atoms with E-state index in [1.54, 1.807) is 0 Å². The average Bonchev–Trinajstić information content (AvgIpc) is 2.92. The van der Waals surface area contributed by atoms with E-state index in [0.717, 1.165) is 16.7 Å². The van der Waals surface area contributed by atoms with Crippen LogP contribution < -0.4 is 16.0 Å². The van der Waals surface area contributed by atoms with Crippen LogP contribution in [0.3, 0.4) is 0 Å². The van der Waals surface area contributed by atoms with Crippen LogP contribution in [0.2, 0.25) is 0 Å². The van der Waals surface area contributed by atoms with Crippen LogP contribution in [0, 0.1) is 11.8 Å². The molecule has 0 radical (unpaired) electrons. The Balaban J connectivity index is 1.59. The minimum atomic E-state index is -1.22. The molecule has 3 N–H and O–H groups in total. The Kier molecular flexibility index (Phi) is 5.46. The molecule has 0 aliphatic carbocycles. The first kappa shape index (κ1) is 19.2. The fraction of sp³-hybridized carbons (Fsp3) is 0.227. The summed E-state index contributed by atoms with van der Waals surface area (Å²) < 4.78 is 0. The largest absolute Gasteiger partial charge is 0.349 e. The van der Waals surface area contributed by atoms with Crippen LogP contribution in [0.15, 0.2) is 54.6 Å². The van der Waals surface area contributed by atoms with Crippen LogP contribution in [-0.2, 0) is 9.59 Å². The van der Waals surface area contributed by atoms with Gasteiger partial charge in [0.05, 0.1) is 12.5 Å². The fourth-order valence-electron chi connectivity index (χ4n) is 2.92. The number of amides is 4. The number of rotatable bonds is 4. The van der Waals surface area contributed by atoms with Crippen molar-refractivity contribution in [2.24, 2.45) is 0 Å². The van der Waals surface area contributed by atoms with E-state index in [9.17, 15) is 14.4 Å². The van der Waals surface area contributed by atoms with Gasteiger partial charge in [-0.05, 0) is 43.7 Å². The Hall–Kier alpha value is -3.59. The molecule has 0 spiro atoms. The average molecular weight is 375 g/mol. The number of benzene rings is 2. The highest BCUT2D eigenvalue weighted by molar-refractivity contribution is 6.08. The molecule has 28 heavy (non-hydrogen) atoms. The molecule has 6 nitrogen and oxygen atoms in total. The molecule has 6 heteroatoms. The Labute approximate surface area is 163 Å². The molecule has 1 unspecified atom stereocenters. The van der Waals surface area contributed by atoms with E-state index in [4.69, 9.17) is 0 Å². The lowest BCUT2D eigenvalue weighted by Crippen LogP contribution is -2.47. The van der Waals surface area contributed by atoms with Gasteiger partial charge in [-0.3, -0.25) is 14.9 Å². The van der Waals surface area contributed by atoms with Crippen LogP contribution in [0.4, 0.5) is 4.79 Å². The number of carbonyl (C=O) groups is 3. The topological polar surface area (TPSA) is 87.3 Å². The maximum atomic E-state index is 12.3. The van der Waals surface area contributed by atoms with Crippen molar-refractivity contribution in [3.8, 4) is 11.8 Å². The molecule has 0 aromatic heterocycles. The Morgan fingerprint density at radius 1 is 1.04 bits per heavy atom. The van der Waals surface area contributed by atoms with Crippen molar-refractivity contribution in [3.63, 3.8) is 0 Å². The van der Waals surface area contributed by atoms with Crippen LogP contribution >= 0.6 is 0 Å². The van der Waals surface area contributed by atoms with E-state index in [0.29, 0.717) is 0 Å². The van der Waals surface area contributed by atoms with Crippen molar-refractivity contribution in [1.82, 2.24) is 16.0 Å². The van der Waals surface area contributed by atoms with Gasteiger partial charge in [-0.1, -0.05) is 42.2 Å². The number of carbonyl (C=O) groups excluding carboxylic acids is 3. The number of hydrogen-bond donors (Lipinski definition) is 3. The minimum absolute atomic E-state index is 0.129. The number of urea groups is 1. The molecule has 142 valence electrons. The van der Waals surface area contributed by atoms with Gasteiger partial charge in [0.1, 0.15) is 5.54 Å². The first-order valence-electron chi connectivity index (χ1n) is 8.96. The second kappa shape index (κ2) is 7.97. The number of hydrogen-bond acceptors (Lipinski definition) is 3. The van der Waals surface area contributed by atoms with E-state index in [-0.39, 0.29) is 18.4 Å². The summed E-state index contributed by atoms with van der Waals surface area (Å²) >= 11 is 0. The molecule has 1 fully saturated rings. The third kappa shape index (κ3) is 4.57. The van der Waals surface area contributed by atoms with Crippen molar-refractivity contribution < 1.29 is 14.4 Å². The molecule has 1 aliphatic heterocycles. The predicted molar refractivity (Wildman–Crippen MR) is 105 cm³/mol. The molecule has 2 aromatic carbocycles. The van der Waals surface area contributed by atoms with Gasteiger partial charge in [-0.15, -0.1) is 0 Å². The van der Waals surface area contributed by atoms with Gasteiger partial charge < -0.3 is 10.6 Å². The standard InChI is InChI=1S/C22H21N3O3/c1-15(23-19(26)14-22(2)20(27)24-21(28)25-22)18-12-10-17(11-13-18)9-8-16-6-4-3-5-7-16/h3-7,10-13,15H,14H2,1-2H3,(H,23,26)(H2,24,25,27,28)/t15-,22?/m0/s1. The van der Waals surface area contributed by atoms with Gasteiger partial charge in [0.15, 0.2) is 0 Å². The molecule has 3 rings (SSSR count). The summed E-state index contributed by atoms with van der Waals surface area (Å²) in [6.07, 6.45) is -0.129. The van der Waals surface area contributed by atoms with Gasteiger partial charge in [0, 0.05) is 11.1 Å². The first-order chi connectivity index (χ1) is 13.4. The second-order valence-corrected chi connectivity index (χ2v) is 6.94. The molecular weight excluding hydrogens is 354 g/mol. The molecule has 1 heterocycles. The summed E-state index contributed by atoms with van der Waals surface area (Å²) in [4.78, 5) is 35.4. The van der Waals surface area contributed by atoms with Gasteiger partial charge in [0.25, 0.3) is 5.91 Å². The predicted octanol–water partition coefficient (Wildman–Crippen LogP) is 2.25. The lowest BCUT2D eigenvalue weighted by molar-refractivity contribution is -0.129. The monoisotopic (exact) mass is 375 g/mol. The van der Waals surface area contributed by atoms with E-state index < -0.39 is 17.5 Å². The van der Waals surface area contributed by atoms with E-state index in [1.807, 2.05) is 61.5 Å². The number of nitrogens with one attached hydrogen (secondary N) is 3. The van der Waals surface area contributed by atoms with Crippen molar-refractivity contribution in [3.05, 3.63) is 71.3 Å². The Morgan fingerprint density at radius 2 is 1.64 bits per heavy atom. The normalized spacial score (nSPS) is 19.1. The van der Waals surface area contributed by atoms with Crippen LogP contribution in [0.25, 0.3) is 0 Å². The highest BCUT2D eigenvalue weighted by Crippen LogP contribution is 2.17. The summed E-state index contributed by atoms with van der Waals surface area (Å²) in [6.45, 7) is 3.38. The van der Waals surface area contributed by atoms with Crippen molar-refractivity contribution in [1.29, 1.82) is 0 Å². The quantitative estimate of drug-likeness (QED) is 0.566. The zero-order chi connectivity index (χ0) is 20.1. The summed E-state index contributed by atoms with van der Waals surface area (Å²) in [5, 5.41) is 7.48. The van der Waals surface area contributed by atoms with Crippen molar-refractivity contribution in [2.45, 2.75) is 31.8 Å². The summed E-state index contributed by atoms with van der Waals surface area (Å²) in [7, 11) is 0. The molecule has 0 bridgehead atoms. The highest BCUT2D eigenvalue weighted by Gasteiger charge is 2.43. The molecule has 2 atom stereocenters. The summed E-state index contributed by atoms with van der Waals surface area (Å²) in [5.41, 5.74) is 1.52. The van der Waals surface area contributed by atoms with E-state index in [1.165, 1.54) is 6.92 Å². The van der Waals surface area contributed by atoms with Gasteiger partial charge in [-0.2, -0.15) is 0 Å². The van der Waals surface area contributed by atoms with E-state index >= 15 is 0 Å². The maximum absolute atomic E-state index is 12.3. The van der Waals surface area contributed by atoms with Gasteiger partial charge in [-0.25, -0.2) is 4.79 Å². The van der Waals surface area contributed by atoms with Crippen LogP contribution in [0.1, 0.15) is 43.0 Å². The summed E-state index contributed by atoms with van der Waals surface area (Å²) in [5.74, 6) is 5.39. The van der Waals surface area contributed by atoms with Crippen LogP contribution in [0.5, 0.6) is 0 Å². The summed E-state index contributed by atoms with van der Waals surface area (Å²) in [6, 6.07) is 16.5. The lowest BCUT2D eigenvalue weighted by Gasteiger charge is -2.21. The minimum Gasteiger partial charge on any atom is -0.349 e. The van der Waals surface area contributed by atoms with Gasteiger partial charge >= 0.3 is 6.03 Å². The molecule has 2 aromatic rings. The molecule has 1 saturated heterocycles. The van der Waals surface area contributed by atoms with Crippen molar-refractivity contribution >= 4 is 17.8 Å². The smallest absolute Gasteiger partial charge is 0.322 e. The second-order valence-electron chi connectivity index (χ2n) is 6.94. The molecule has 1 aliphatic rings.